The highest BCUT2D eigenvalue weighted by Crippen LogP contribution is 2.21. The maximum absolute atomic E-state index is 11.9. The molecule has 0 aromatic heterocycles. The number of aliphatic hydroxyl groups excluding tert-OH is 1. The molecule has 0 unspecified atom stereocenters. The van der Waals surface area contributed by atoms with Crippen molar-refractivity contribution in [3.8, 4) is 0 Å². The number of carbonyl (C=O) groups is 1. The van der Waals surface area contributed by atoms with Gasteiger partial charge in [-0.05, 0) is 29.9 Å². The van der Waals surface area contributed by atoms with E-state index < -0.39 is 10.0 Å². The zero-order valence-electron chi connectivity index (χ0n) is 12.7. The molecule has 1 heterocycles. The fourth-order valence-corrected chi connectivity index (χ4v) is 3.03. The second-order valence-electron chi connectivity index (χ2n) is 5.77. The lowest BCUT2D eigenvalue weighted by Gasteiger charge is -2.16. The van der Waals surface area contributed by atoms with Crippen molar-refractivity contribution in [3.05, 3.63) is 35.4 Å². The number of aliphatic hydroxyl groups is 1. The number of likely N-dealkylation sites (tertiary alicyclic amines) is 1. The average molecular weight is 326 g/mol. The fourth-order valence-electron chi connectivity index (χ4n) is 2.64. The van der Waals surface area contributed by atoms with Crippen molar-refractivity contribution < 1.29 is 18.3 Å². The van der Waals surface area contributed by atoms with Gasteiger partial charge in [0.15, 0.2) is 0 Å². The Labute approximate surface area is 131 Å². The van der Waals surface area contributed by atoms with Crippen LogP contribution in [0.2, 0.25) is 0 Å². The highest BCUT2D eigenvalue weighted by Gasteiger charge is 2.26. The smallest absolute Gasteiger partial charge is 0.237 e. The molecule has 6 nitrogen and oxygen atoms in total. The van der Waals surface area contributed by atoms with Gasteiger partial charge in [-0.15, -0.1) is 0 Å². The van der Waals surface area contributed by atoms with Crippen LogP contribution in [0.15, 0.2) is 24.3 Å². The van der Waals surface area contributed by atoms with Crippen LogP contribution in [0.25, 0.3) is 0 Å². The molecule has 1 saturated heterocycles. The topological polar surface area (TPSA) is 86.7 Å². The van der Waals surface area contributed by atoms with Gasteiger partial charge in [-0.3, -0.25) is 4.79 Å². The lowest BCUT2D eigenvalue weighted by Crippen LogP contribution is -2.38. The van der Waals surface area contributed by atoms with Crippen LogP contribution >= 0.6 is 0 Å². The Morgan fingerprint density at radius 2 is 1.95 bits per heavy atom. The van der Waals surface area contributed by atoms with Crippen LogP contribution in [0.1, 0.15) is 17.5 Å². The number of benzene rings is 1. The molecule has 2 rings (SSSR count). The molecule has 122 valence electrons. The summed E-state index contributed by atoms with van der Waals surface area (Å²) in [6.45, 7) is 1.20. The van der Waals surface area contributed by atoms with Gasteiger partial charge < -0.3 is 10.0 Å². The summed E-state index contributed by atoms with van der Waals surface area (Å²) in [7, 11) is -3.34. The summed E-state index contributed by atoms with van der Waals surface area (Å²) < 4.78 is 24.3. The number of hydrogen-bond donors (Lipinski definition) is 2. The molecular weight excluding hydrogens is 304 g/mol. The van der Waals surface area contributed by atoms with E-state index in [1.807, 2.05) is 24.3 Å². The summed E-state index contributed by atoms with van der Waals surface area (Å²) in [4.78, 5) is 13.7. The third-order valence-corrected chi connectivity index (χ3v) is 4.52. The Hall–Kier alpha value is -1.44. The molecule has 1 atom stereocenters. The number of nitrogens with zero attached hydrogens (tertiary/aromatic N) is 1. The third-order valence-electron chi connectivity index (χ3n) is 3.85. The predicted molar refractivity (Wildman–Crippen MR) is 83.6 cm³/mol. The minimum absolute atomic E-state index is 0.0410. The summed E-state index contributed by atoms with van der Waals surface area (Å²) in [5.74, 6) is 0.214. The molecule has 0 saturated carbocycles. The molecule has 0 aliphatic carbocycles. The van der Waals surface area contributed by atoms with Gasteiger partial charge in [0, 0.05) is 13.1 Å². The molecule has 0 radical (unpaired) electrons. The fraction of sp³-hybridized carbons (Fsp3) is 0.533. The summed E-state index contributed by atoms with van der Waals surface area (Å²) in [6.07, 6.45) is 2.85. The third kappa shape index (κ3) is 5.08. The van der Waals surface area contributed by atoms with Gasteiger partial charge in [-0.25, -0.2) is 13.1 Å². The van der Waals surface area contributed by atoms with Crippen molar-refractivity contribution in [3.63, 3.8) is 0 Å². The van der Waals surface area contributed by atoms with Crippen molar-refractivity contribution in [1.82, 2.24) is 9.62 Å². The first-order valence-electron chi connectivity index (χ1n) is 7.28. The van der Waals surface area contributed by atoms with Gasteiger partial charge in [0.2, 0.25) is 15.9 Å². The highest BCUT2D eigenvalue weighted by molar-refractivity contribution is 7.88. The molecule has 22 heavy (non-hydrogen) atoms. The normalized spacial score (nSPS) is 18.6. The van der Waals surface area contributed by atoms with Gasteiger partial charge >= 0.3 is 0 Å². The van der Waals surface area contributed by atoms with Crippen LogP contribution in [0.3, 0.4) is 0 Å². The molecule has 1 aromatic carbocycles. The van der Waals surface area contributed by atoms with E-state index in [9.17, 15) is 13.2 Å². The maximum atomic E-state index is 11.9. The summed E-state index contributed by atoms with van der Waals surface area (Å²) in [5.41, 5.74) is 2.07. The van der Waals surface area contributed by atoms with E-state index in [0.717, 1.165) is 24.7 Å². The van der Waals surface area contributed by atoms with E-state index in [-0.39, 0.29) is 19.1 Å². The SMILES string of the molecule is CS(=O)(=O)NCC(=O)N1CC[C@@H](Cc2ccc(CO)cc2)C1. The average Bonchev–Trinajstić information content (AvgIpc) is 2.93. The lowest BCUT2D eigenvalue weighted by molar-refractivity contribution is -0.129. The van der Waals surface area contributed by atoms with Gasteiger partial charge in [0.05, 0.1) is 19.4 Å². The Balaban J connectivity index is 1.83. The first kappa shape index (κ1) is 16.9. The molecule has 0 spiro atoms. The largest absolute Gasteiger partial charge is 0.392 e. The molecular formula is C15H22N2O4S. The quantitative estimate of drug-likeness (QED) is 0.777. The van der Waals surface area contributed by atoms with Crippen molar-refractivity contribution in [2.45, 2.75) is 19.4 Å². The molecule has 7 heteroatoms. The molecule has 1 fully saturated rings. The zero-order chi connectivity index (χ0) is 16.2. The number of nitrogens with one attached hydrogen (secondary N) is 1. The first-order chi connectivity index (χ1) is 10.4. The summed E-state index contributed by atoms with van der Waals surface area (Å²) in [6, 6.07) is 7.81. The second kappa shape index (κ2) is 7.21. The number of rotatable bonds is 6. The number of carbonyl (C=O) groups excluding carboxylic acids is 1. The first-order valence-corrected chi connectivity index (χ1v) is 9.17. The van der Waals surface area contributed by atoms with E-state index in [4.69, 9.17) is 5.11 Å². The van der Waals surface area contributed by atoms with Gasteiger partial charge in [0.25, 0.3) is 0 Å². The zero-order valence-corrected chi connectivity index (χ0v) is 13.5. The van der Waals surface area contributed by atoms with Crippen molar-refractivity contribution in [2.24, 2.45) is 5.92 Å². The monoisotopic (exact) mass is 326 g/mol. The Morgan fingerprint density at radius 1 is 1.32 bits per heavy atom. The predicted octanol–water partition coefficient (Wildman–Crippen LogP) is 0.119. The minimum Gasteiger partial charge on any atom is -0.392 e. The van der Waals surface area contributed by atoms with Crippen LogP contribution < -0.4 is 4.72 Å². The summed E-state index contributed by atoms with van der Waals surface area (Å²) >= 11 is 0. The lowest BCUT2D eigenvalue weighted by atomic mass is 9.98. The molecule has 1 aliphatic heterocycles. The number of amides is 1. The van der Waals surface area contributed by atoms with E-state index in [1.54, 1.807) is 4.90 Å². The molecule has 1 aliphatic rings. The standard InChI is InChI=1S/C15H22N2O4S/c1-22(20,21)16-9-15(19)17-7-6-14(10-17)8-12-2-4-13(11-18)5-3-12/h2-5,14,16,18H,6-11H2,1H3/t14-/m0/s1. The Morgan fingerprint density at radius 3 is 2.55 bits per heavy atom. The van der Waals surface area contributed by atoms with Crippen LogP contribution in [-0.4, -0.2) is 50.2 Å². The van der Waals surface area contributed by atoms with E-state index in [2.05, 4.69) is 4.72 Å². The van der Waals surface area contributed by atoms with Crippen LogP contribution in [0.4, 0.5) is 0 Å². The summed E-state index contributed by atoms with van der Waals surface area (Å²) in [5, 5.41) is 9.02. The second-order valence-corrected chi connectivity index (χ2v) is 7.60. The Kier molecular flexibility index (Phi) is 5.55. The van der Waals surface area contributed by atoms with E-state index >= 15 is 0 Å². The van der Waals surface area contributed by atoms with Crippen LogP contribution in [-0.2, 0) is 27.8 Å². The van der Waals surface area contributed by atoms with Crippen LogP contribution in [0.5, 0.6) is 0 Å². The molecule has 2 N–H and O–H groups in total. The number of sulfonamides is 1. The minimum atomic E-state index is -3.34. The van der Waals surface area contributed by atoms with Crippen molar-refractivity contribution >= 4 is 15.9 Å². The van der Waals surface area contributed by atoms with E-state index in [1.165, 1.54) is 5.56 Å². The van der Waals surface area contributed by atoms with E-state index in [0.29, 0.717) is 19.0 Å². The molecule has 0 bridgehead atoms. The van der Waals surface area contributed by atoms with Crippen molar-refractivity contribution in [2.75, 3.05) is 25.9 Å². The maximum Gasteiger partial charge on any atom is 0.237 e. The molecule has 1 aromatic rings. The van der Waals surface area contributed by atoms with Crippen LogP contribution in [0, 0.1) is 5.92 Å². The highest BCUT2D eigenvalue weighted by atomic mass is 32.2. The van der Waals surface area contributed by atoms with Crippen molar-refractivity contribution in [1.29, 1.82) is 0 Å². The van der Waals surface area contributed by atoms with Gasteiger partial charge in [-0.1, -0.05) is 24.3 Å². The van der Waals surface area contributed by atoms with Gasteiger partial charge in [0.1, 0.15) is 0 Å². The molecule has 1 amide bonds. The number of hydrogen-bond acceptors (Lipinski definition) is 4. The Bertz CT molecular complexity index is 613. The van der Waals surface area contributed by atoms with Gasteiger partial charge in [-0.2, -0.15) is 0 Å².